The van der Waals surface area contributed by atoms with Crippen molar-refractivity contribution in [2.75, 3.05) is 43.4 Å². The fourth-order valence-electron chi connectivity index (χ4n) is 2.43. The Kier molecular flexibility index (Phi) is 5.95. The van der Waals surface area contributed by atoms with Crippen molar-refractivity contribution in [1.29, 1.82) is 0 Å². The summed E-state index contributed by atoms with van der Waals surface area (Å²) in [5.41, 5.74) is 1.16. The monoisotopic (exact) mass is 262 g/mol. The van der Waals surface area contributed by atoms with Crippen molar-refractivity contribution in [3.8, 4) is 0 Å². The maximum Gasteiger partial charge on any atom is 0.127 e. The molecule has 0 unspecified atom stereocenters. The van der Waals surface area contributed by atoms with Gasteiger partial charge in [-0.3, -0.25) is 0 Å². The van der Waals surface area contributed by atoms with Crippen molar-refractivity contribution < 1.29 is 0 Å². The molecular weight excluding hydrogens is 236 g/mol. The molecule has 1 fully saturated rings. The average Bonchev–Trinajstić information content (AvgIpc) is 2.95. The van der Waals surface area contributed by atoms with Gasteiger partial charge in [0.2, 0.25) is 0 Å². The number of hydrogen-bond donors (Lipinski definition) is 2. The predicted molar refractivity (Wildman–Crippen MR) is 81.8 cm³/mol. The van der Waals surface area contributed by atoms with Crippen LogP contribution < -0.4 is 10.6 Å². The normalized spacial score (nSPS) is 15.6. The van der Waals surface area contributed by atoms with Gasteiger partial charge in [0.1, 0.15) is 5.82 Å². The third-order valence-electron chi connectivity index (χ3n) is 3.49. The van der Waals surface area contributed by atoms with E-state index in [2.05, 4.69) is 33.5 Å². The van der Waals surface area contributed by atoms with Gasteiger partial charge >= 0.3 is 0 Å². The molecule has 1 aliphatic rings. The number of nitrogens with one attached hydrogen (secondary N) is 2. The Bertz CT molecular complexity index is 361. The van der Waals surface area contributed by atoms with E-state index >= 15 is 0 Å². The molecule has 19 heavy (non-hydrogen) atoms. The van der Waals surface area contributed by atoms with Crippen LogP contribution in [0.15, 0.2) is 18.3 Å². The van der Waals surface area contributed by atoms with Crippen LogP contribution in [0.5, 0.6) is 0 Å². The molecule has 2 N–H and O–H groups in total. The van der Waals surface area contributed by atoms with Gasteiger partial charge in [0.25, 0.3) is 0 Å². The van der Waals surface area contributed by atoms with Crippen LogP contribution in [0.25, 0.3) is 0 Å². The lowest BCUT2D eigenvalue weighted by molar-refractivity contribution is 0.337. The van der Waals surface area contributed by atoms with Gasteiger partial charge in [-0.05, 0) is 51.4 Å². The Morgan fingerprint density at radius 3 is 2.84 bits per heavy atom. The first-order valence-electron chi connectivity index (χ1n) is 7.54. The van der Waals surface area contributed by atoms with Crippen molar-refractivity contribution in [2.24, 2.45) is 0 Å². The van der Waals surface area contributed by atoms with E-state index in [0.717, 1.165) is 31.0 Å². The van der Waals surface area contributed by atoms with E-state index < -0.39 is 0 Å². The number of aromatic nitrogens is 1. The predicted octanol–water partition coefficient (Wildman–Crippen LogP) is 2.80. The molecule has 0 radical (unpaired) electrons. The van der Waals surface area contributed by atoms with Crippen LogP contribution in [0.1, 0.15) is 32.6 Å². The molecule has 1 aliphatic heterocycles. The van der Waals surface area contributed by atoms with E-state index in [1.54, 1.807) is 0 Å². The highest BCUT2D eigenvalue weighted by atomic mass is 15.1. The van der Waals surface area contributed by atoms with Gasteiger partial charge in [0.15, 0.2) is 0 Å². The SMILES string of the molecule is CCCNc1cc(NCCCN2CCCC2)ccn1. The van der Waals surface area contributed by atoms with Gasteiger partial charge in [-0.25, -0.2) is 4.98 Å². The van der Waals surface area contributed by atoms with E-state index in [9.17, 15) is 0 Å². The molecule has 1 saturated heterocycles. The highest BCUT2D eigenvalue weighted by Gasteiger charge is 2.09. The molecule has 0 aliphatic carbocycles. The van der Waals surface area contributed by atoms with Crippen molar-refractivity contribution >= 4 is 11.5 Å². The quantitative estimate of drug-likeness (QED) is 0.707. The first kappa shape index (κ1) is 14.1. The van der Waals surface area contributed by atoms with Gasteiger partial charge < -0.3 is 15.5 Å². The van der Waals surface area contributed by atoms with Gasteiger partial charge in [0.05, 0.1) is 0 Å². The molecule has 0 spiro atoms. The Balaban J connectivity index is 1.66. The number of rotatable bonds is 8. The maximum atomic E-state index is 4.31. The van der Waals surface area contributed by atoms with Crippen molar-refractivity contribution in [2.45, 2.75) is 32.6 Å². The zero-order chi connectivity index (χ0) is 13.3. The lowest BCUT2D eigenvalue weighted by Crippen LogP contribution is -2.22. The van der Waals surface area contributed by atoms with E-state index in [-0.39, 0.29) is 0 Å². The van der Waals surface area contributed by atoms with E-state index in [4.69, 9.17) is 0 Å². The fraction of sp³-hybridized carbons (Fsp3) is 0.667. The second-order valence-electron chi connectivity index (χ2n) is 5.19. The Morgan fingerprint density at radius 2 is 2.05 bits per heavy atom. The zero-order valence-electron chi connectivity index (χ0n) is 12.0. The molecule has 4 nitrogen and oxygen atoms in total. The minimum atomic E-state index is 0.964. The fourth-order valence-corrected chi connectivity index (χ4v) is 2.43. The van der Waals surface area contributed by atoms with Crippen LogP contribution in [-0.4, -0.2) is 42.6 Å². The van der Waals surface area contributed by atoms with Crippen LogP contribution in [0.3, 0.4) is 0 Å². The van der Waals surface area contributed by atoms with Crippen LogP contribution >= 0.6 is 0 Å². The topological polar surface area (TPSA) is 40.2 Å². The highest BCUT2D eigenvalue weighted by molar-refractivity contribution is 5.51. The molecule has 2 rings (SSSR count). The Hall–Kier alpha value is -1.29. The zero-order valence-corrected chi connectivity index (χ0v) is 12.0. The van der Waals surface area contributed by atoms with E-state index in [1.165, 1.54) is 38.9 Å². The van der Waals surface area contributed by atoms with Crippen LogP contribution in [-0.2, 0) is 0 Å². The molecule has 106 valence electrons. The summed E-state index contributed by atoms with van der Waals surface area (Å²) in [4.78, 5) is 6.87. The summed E-state index contributed by atoms with van der Waals surface area (Å²) in [6, 6.07) is 4.12. The summed E-state index contributed by atoms with van der Waals surface area (Å²) in [5, 5.41) is 6.79. The lowest BCUT2D eigenvalue weighted by atomic mass is 10.3. The number of pyridine rings is 1. The first-order valence-corrected chi connectivity index (χ1v) is 7.54. The molecule has 4 heteroatoms. The van der Waals surface area contributed by atoms with Crippen molar-refractivity contribution in [1.82, 2.24) is 9.88 Å². The third-order valence-corrected chi connectivity index (χ3v) is 3.49. The van der Waals surface area contributed by atoms with Gasteiger partial charge in [0, 0.05) is 31.0 Å². The van der Waals surface area contributed by atoms with E-state index in [1.807, 2.05) is 12.3 Å². The number of likely N-dealkylation sites (tertiary alicyclic amines) is 1. The van der Waals surface area contributed by atoms with Crippen molar-refractivity contribution in [3.05, 3.63) is 18.3 Å². The Labute approximate surface area is 116 Å². The summed E-state index contributed by atoms with van der Waals surface area (Å²) in [7, 11) is 0. The van der Waals surface area contributed by atoms with Gasteiger partial charge in [-0.2, -0.15) is 0 Å². The molecular formula is C15H26N4. The molecule has 0 aromatic carbocycles. The molecule has 0 amide bonds. The summed E-state index contributed by atoms with van der Waals surface area (Å²) < 4.78 is 0. The highest BCUT2D eigenvalue weighted by Crippen LogP contribution is 2.12. The first-order chi connectivity index (χ1) is 9.38. The largest absolute Gasteiger partial charge is 0.385 e. The smallest absolute Gasteiger partial charge is 0.127 e. The molecule has 1 aromatic heterocycles. The maximum absolute atomic E-state index is 4.31. The second kappa shape index (κ2) is 8.00. The summed E-state index contributed by atoms with van der Waals surface area (Å²) >= 11 is 0. The average molecular weight is 262 g/mol. The Morgan fingerprint density at radius 1 is 1.21 bits per heavy atom. The van der Waals surface area contributed by atoms with Crippen LogP contribution in [0.4, 0.5) is 11.5 Å². The second-order valence-corrected chi connectivity index (χ2v) is 5.19. The molecule has 0 saturated carbocycles. The molecule has 0 bridgehead atoms. The number of hydrogen-bond acceptors (Lipinski definition) is 4. The third kappa shape index (κ3) is 5.07. The summed E-state index contributed by atoms with van der Waals surface area (Å²) in [6.45, 7) is 7.98. The van der Waals surface area contributed by atoms with Gasteiger partial charge in [-0.15, -0.1) is 0 Å². The molecule has 1 aromatic rings. The van der Waals surface area contributed by atoms with Crippen LogP contribution in [0, 0.1) is 0 Å². The van der Waals surface area contributed by atoms with Crippen molar-refractivity contribution in [3.63, 3.8) is 0 Å². The lowest BCUT2D eigenvalue weighted by Gasteiger charge is -2.15. The minimum Gasteiger partial charge on any atom is -0.385 e. The standard InChI is InChI=1S/C15H26N4/c1-2-7-17-15-13-14(6-9-18-15)16-8-5-12-19-10-3-4-11-19/h6,9,13H,2-5,7-8,10-12H2,1H3,(H2,16,17,18). The van der Waals surface area contributed by atoms with Crippen LogP contribution in [0.2, 0.25) is 0 Å². The number of nitrogens with zero attached hydrogens (tertiary/aromatic N) is 2. The minimum absolute atomic E-state index is 0.964. The number of anilines is 2. The molecule has 2 heterocycles. The summed E-state index contributed by atoms with van der Waals surface area (Å²) in [5.74, 6) is 0.964. The van der Waals surface area contributed by atoms with E-state index in [0.29, 0.717) is 0 Å². The van der Waals surface area contributed by atoms with Gasteiger partial charge in [-0.1, -0.05) is 6.92 Å². The summed E-state index contributed by atoms with van der Waals surface area (Å²) in [6.07, 6.45) is 6.95. The molecule has 0 atom stereocenters.